The molecule has 0 radical (unpaired) electrons. The van der Waals surface area contributed by atoms with Crippen LogP contribution in [0.3, 0.4) is 0 Å². The number of piperidine rings is 1. The van der Waals surface area contributed by atoms with Gasteiger partial charge in [-0.2, -0.15) is 0 Å². The molecule has 0 unspecified atom stereocenters. The van der Waals surface area contributed by atoms with Gasteiger partial charge in [0.2, 0.25) is 0 Å². The molecule has 1 saturated heterocycles. The van der Waals surface area contributed by atoms with E-state index in [0.29, 0.717) is 24.9 Å². The van der Waals surface area contributed by atoms with E-state index in [-0.39, 0.29) is 5.91 Å². The van der Waals surface area contributed by atoms with Crippen molar-refractivity contribution < 1.29 is 9.53 Å². The van der Waals surface area contributed by atoms with Gasteiger partial charge in [0, 0.05) is 6.54 Å². The lowest BCUT2D eigenvalue weighted by Crippen LogP contribution is -2.29. The van der Waals surface area contributed by atoms with Crippen molar-refractivity contribution >= 4 is 5.91 Å². The minimum atomic E-state index is -0.208. The summed E-state index contributed by atoms with van der Waals surface area (Å²) in [7, 11) is 0. The molecule has 2 aromatic rings. The number of carbonyl (C=O) groups is 1. The molecule has 0 spiro atoms. The summed E-state index contributed by atoms with van der Waals surface area (Å²) < 4.78 is 7.43. The average molecular weight is 343 g/mol. The largest absolute Gasteiger partial charge is 0.494 e. The molecule has 1 aliphatic rings. The van der Waals surface area contributed by atoms with Gasteiger partial charge < -0.3 is 15.4 Å². The molecule has 3 rings (SSSR count). The highest BCUT2D eigenvalue weighted by Gasteiger charge is 2.18. The van der Waals surface area contributed by atoms with Crippen LogP contribution in [0.5, 0.6) is 5.75 Å². The molecule has 0 atom stereocenters. The fraction of sp³-hybridized carbons (Fsp3) is 0.500. The summed E-state index contributed by atoms with van der Waals surface area (Å²) in [6, 6.07) is 8.08. The van der Waals surface area contributed by atoms with Crippen molar-refractivity contribution in [2.24, 2.45) is 0 Å². The first kappa shape index (κ1) is 17.4. The molecule has 134 valence electrons. The molecule has 1 fully saturated rings. The second-order valence-electron chi connectivity index (χ2n) is 6.24. The van der Waals surface area contributed by atoms with Crippen LogP contribution in [-0.4, -0.2) is 40.6 Å². The molecule has 7 heteroatoms. The lowest BCUT2D eigenvalue weighted by Gasteiger charge is -2.22. The third-order valence-electron chi connectivity index (χ3n) is 4.25. The van der Waals surface area contributed by atoms with Gasteiger partial charge in [0.1, 0.15) is 5.75 Å². The number of benzene rings is 1. The van der Waals surface area contributed by atoms with Crippen LogP contribution in [0.25, 0.3) is 0 Å². The fourth-order valence-electron chi connectivity index (χ4n) is 2.87. The standard InChI is InChI=1S/C18H25N5O2/c1-2-10-25-16-5-3-4-14(11-16)12-20-18(24)17-13-23(22-21-17)15-6-8-19-9-7-15/h3-5,11,13,15,19H,2,6-10,12H2,1H3,(H,20,24). The Bertz CT molecular complexity index is 694. The van der Waals surface area contributed by atoms with Crippen LogP contribution in [0.4, 0.5) is 0 Å². The summed E-state index contributed by atoms with van der Waals surface area (Å²) in [4.78, 5) is 12.3. The maximum Gasteiger partial charge on any atom is 0.273 e. The van der Waals surface area contributed by atoms with Gasteiger partial charge in [-0.3, -0.25) is 4.79 Å². The molecule has 25 heavy (non-hydrogen) atoms. The van der Waals surface area contributed by atoms with E-state index in [0.717, 1.165) is 43.7 Å². The number of nitrogens with zero attached hydrogens (tertiary/aromatic N) is 3. The molecular formula is C18H25N5O2. The number of nitrogens with one attached hydrogen (secondary N) is 2. The quantitative estimate of drug-likeness (QED) is 0.803. The predicted molar refractivity (Wildman–Crippen MR) is 94.6 cm³/mol. The number of rotatable bonds is 7. The van der Waals surface area contributed by atoms with Gasteiger partial charge >= 0.3 is 0 Å². The van der Waals surface area contributed by atoms with E-state index in [2.05, 4.69) is 27.9 Å². The maximum atomic E-state index is 12.3. The van der Waals surface area contributed by atoms with Crippen LogP contribution in [-0.2, 0) is 6.54 Å². The Balaban J connectivity index is 1.55. The van der Waals surface area contributed by atoms with Crippen molar-refractivity contribution in [3.05, 3.63) is 41.7 Å². The van der Waals surface area contributed by atoms with Crippen molar-refractivity contribution in [2.45, 2.75) is 38.8 Å². The van der Waals surface area contributed by atoms with Crippen LogP contribution < -0.4 is 15.4 Å². The van der Waals surface area contributed by atoms with E-state index in [9.17, 15) is 4.79 Å². The number of hydrogen-bond donors (Lipinski definition) is 2. The third-order valence-corrected chi connectivity index (χ3v) is 4.25. The summed E-state index contributed by atoms with van der Waals surface area (Å²) in [5, 5.41) is 14.4. The van der Waals surface area contributed by atoms with Crippen LogP contribution >= 0.6 is 0 Å². The second-order valence-corrected chi connectivity index (χ2v) is 6.24. The van der Waals surface area contributed by atoms with Crippen molar-refractivity contribution in [2.75, 3.05) is 19.7 Å². The minimum absolute atomic E-state index is 0.208. The number of aromatic nitrogens is 3. The van der Waals surface area contributed by atoms with E-state index < -0.39 is 0 Å². The van der Waals surface area contributed by atoms with Gasteiger partial charge in [-0.1, -0.05) is 24.3 Å². The predicted octanol–water partition coefficient (Wildman–Crippen LogP) is 1.92. The van der Waals surface area contributed by atoms with Gasteiger partial charge in [0.05, 0.1) is 18.8 Å². The van der Waals surface area contributed by atoms with Crippen LogP contribution in [0, 0.1) is 0 Å². The lowest BCUT2D eigenvalue weighted by atomic mass is 10.1. The topological polar surface area (TPSA) is 81.1 Å². The number of carbonyl (C=O) groups excluding carboxylic acids is 1. The van der Waals surface area contributed by atoms with Crippen LogP contribution in [0.1, 0.15) is 48.3 Å². The van der Waals surface area contributed by atoms with Crippen LogP contribution in [0.15, 0.2) is 30.5 Å². The lowest BCUT2D eigenvalue weighted by molar-refractivity contribution is 0.0945. The van der Waals surface area contributed by atoms with E-state index in [1.165, 1.54) is 0 Å². The molecule has 7 nitrogen and oxygen atoms in total. The first-order chi connectivity index (χ1) is 12.3. The Labute approximate surface area is 147 Å². The molecule has 1 aromatic heterocycles. The van der Waals surface area contributed by atoms with Gasteiger partial charge in [-0.25, -0.2) is 4.68 Å². The first-order valence-electron chi connectivity index (χ1n) is 8.88. The molecule has 2 N–H and O–H groups in total. The van der Waals surface area contributed by atoms with E-state index in [1.807, 2.05) is 28.9 Å². The number of amides is 1. The Kier molecular flexibility index (Phi) is 6.00. The highest BCUT2D eigenvalue weighted by atomic mass is 16.5. The zero-order valence-corrected chi connectivity index (χ0v) is 14.6. The van der Waals surface area contributed by atoms with Gasteiger partial charge in [0.15, 0.2) is 5.69 Å². The smallest absolute Gasteiger partial charge is 0.273 e. The van der Waals surface area contributed by atoms with Gasteiger partial charge in [-0.05, 0) is 50.0 Å². The van der Waals surface area contributed by atoms with E-state index in [1.54, 1.807) is 6.20 Å². The van der Waals surface area contributed by atoms with E-state index in [4.69, 9.17) is 4.74 Å². The summed E-state index contributed by atoms with van der Waals surface area (Å²) in [6.45, 7) is 5.14. The second kappa shape index (κ2) is 8.62. The fourth-order valence-corrected chi connectivity index (χ4v) is 2.87. The van der Waals surface area contributed by atoms with Crippen molar-refractivity contribution in [1.82, 2.24) is 25.6 Å². The Hall–Kier alpha value is -2.41. The SMILES string of the molecule is CCCOc1cccc(CNC(=O)c2cn(C3CCNCC3)nn2)c1. The van der Waals surface area contributed by atoms with Crippen molar-refractivity contribution in [1.29, 1.82) is 0 Å². The molecule has 1 aromatic carbocycles. The highest BCUT2D eigenvalue weighted by molar-refractivity contribution is 5.91. The summed E-state index contributed by atoms with van der Waals surface area (Å²) in [5.41, 5.74) is 1.35. The van der Waals surface area contributed by atoms with E-state index >= 15 is 0 Å². The van der Waals surface area contributed by atoms with Gasteiger partial charge in [-0.15, -0.1) is 5.10 Å². The van der Waals surface area contributed by atoms with Crippen molar-refractivity contribution in [3.63, 3.8) is 0 Å². The molecule has 0 bridgehead atoms. The highest BCUT2D eigenvalue weighted by Crippen LogP contribution is 2.17. The minimum Gasteiger partial charge on any atom is -0.494 e. The Morgan fingerprint density at radius 3 is 3.04 bits per heavy atom. The monoisotopic (exact) mass is 343 g/mol. The van der Waals surface area contributed by atoms with Crippen molar-refractivity contribution in [3.8, 4) is 5.75 Å². The normalized spacial score (nSPS) is 15.1. The molecular weight excluding hydrogens is 318 g/mol. The first-order valence-corrected chi connectivity index (χ1v) is 8.88. The summed E-state index contributed by atoms with van der Waals surface area (Å²) in [5.74, 6) is 0.616. The third kappa shape index (κ3) is 4.79. The molecule has 0 saturated carbocycles. The molecule has 1 aliphatic heterocycles. The summed E-state index contributed by atoms with van der Waals surface area (Å²) in [6.07, 6.45) is 4.73. The number of hydrogen-bond acceptors (Lipinski definition) is 5. The Morgan fingerprint density at radius 2 is 2.24 bits per heavy atom. The molecule has 2 heterocycles. The zero-order chi connectivity index (χ0) is 17.5. The maximum absolute atomic E-state index is 12.3. The number of ether oxygens (including phenoxy) is 1. The average Bonchev–Trinajstić information content (AvgIpc) is 3.16. The van der Waals surface area contributed by atoms with Crippen LogP contribution in [0.2, 0.25) is 0 Å². The zero-order valence-electron chi connectivity index (χ0n) is 14.6. The molecule has 1 amide bonds. The Morgan fingerprint density at radius 1 is 1.40 bits per heavy atom. The van der Waals surface area contributed by atoms with Gasteiger partial charge in [0.25, 0.3) is 5.91 Å². The summed E-state index contributed by atoms with van der Waals surface area (Å²) >= 11 is 0. The molecule has 0 aliphatic carbocycles.